The van der Waals surface area contributed by atoms with Crippen molar-refractivity contribution in [3.8, 4) is 0 Å². The number of hydrogen-bond donors (Lipinski definition) is 0. The molecule has 0 spiro atoms. The van der Waals surface area contributed by atoms with Crippen LogP contribution in [0.3, 0.4) is 0 Å². The van der Waals surface area contributed by atoms with Crippen LogP contribution in [0, 0.1) is 0 Å². The van der Waals surface area contributed by atoms with Gasteiger partial charge in [-0.3, -0.25) is 4.48 Å². The number of hydrogen-bond acceptors (Lipinski definition) is 1. The van der Waals surface area contributed by atoms with Crippen molar-refractivity contribution >= 4 is 5.69 Å². The highest BCUT2D eigenvalue weighted by atomic mass is 15.4. The molecule has 128 valence electrons. The van der Waals surface area contributed by atoms with Crippen LogP contribution in [0.1, 0.15) is 64.2 Å². The first kappa shape index (κ1) is 16.0. The molecular formula is C22H31N2+. The summed E-state index contributed by atoms with van der Waals surface area (Å²) in [6.45, 7) is 0. The number of rotatable bonds is 3. The predicted molar refractivity (Wildman–Crippen MR) is 101 cm³/mol. The van der Waals surface area contributed by atoms with E-state index in [9.17, 15) is 0 Å². The summed E-state index contributed by atoms with van der Waals surface area (Å²) in [5.74, 6) is 0. The number of para-hydroxylation sites is 1. The van der Waals surface area contributed by atoms with Gasteiger partial charge in [-0.25, -0.2) is 0 Å². The summed E-state index contributed by atoms with van der Waals surface area (Å²) >= 11 is 0. The van der Waals surface area contributed by atoms with Gasteiger partial charge in [0, 0.05) is 31.4 Å². The van der Waals surface area contributed by atoms with Crippen LogP contribution >= 0.6 is 0 Å². The molecule has 3 aliphatic rings. The van der Waals surface area contributed by atoms with Crippen molar-refractivity contribution in [2.45, 2.75) is 76.3 Å². The van der Waals surface area contributed by atoms with Crippen molar-refractivity contribution < 1.29 is 4.48 Å². The fourth-order valence-electron chi connectivity index (χ4n) is 5.09. The molecule has 1 aromatic carbocycles. The van der Waals surface area contributed by atoms with Crippen LogP contribution in [0.5, 0.6) is 0 Å². The van der Waals surface area contributed by atoms with Gasteiger partial charge in [-0.2, -0.15) is 0 Å². The second-order valence-corrected chi connectivity index (χ2v) is 7.82. The van der Waals surface area contributed by atoms with Crippen LogP contribution in [0.4, 0.5) is 5.69 Å². The summed E-state index contributed by atoms with van der Waals surface area (Å²) in [5, 5.41) is 0. The first-order chi connectivity index (χ1) is 11.9. The molecule has 4 rings (SSSR count). The van der Waals surface area contributed by atoms with E-state index in [1.807, 2.05) is 0 Å². The Hall–Kier alpha value is -1.54. The lowest BCUT2D eigenvalue weighted by atomic mass is 9.86. The SMILES string of the molecule is C1=C[N+](C2CCCCC2)(C2CCCCC2)C=CN1c1ccccc1. The van der Waals surface area contributed by atoms with Gasteiger partial charge in [0.15, 0.2) is 0 Å². The lowest BCUT2D eigenvalue weighted by Crippen LogP contribution is -2.56. The van der Waals surface area contributed by atoms with Gasteiger partial charge in [0.1, 0.15) is 12.4 Å². The standard InChI is InChI=1S/C22H31N2/c1-4-10-20(11-5-1)23-16-18-24(19-17-23,21-12-6-2-7-13-21)22-14-8-3-9-15-22/h1,4-5,10-11,16-19,21-22H,2-3,6-9,12-15H2/q+1. The summed E-state index contributed by atoms with van der Waals surface area (Å²) in [6.07, 6.45) is 23.9. The van der Waals surface area contributed by atoms with Crippen molar-refractivity contribution in [2.75, 3.05) is 4.90 Å². The molecule has 0 unspecified atom stereocenters. The van der Waals surface area contributed by atoms with Gasteiger partial charge in [0.25, 0.3) is 0 Å². The van der Waals surface area contributed by atoms with E-state index in [1.165, 1.54) is 69.9 Å². The third kappa shape index (κ3) is 3.04. The second kappa shape index (κ2) is 7.14. The Morgan fingerprint density at radius 3 is 1.67 bits per heavy atom. The summed E-state index contributed by atoms with van der Waals surface area (Å²) < 4.78 is 1.13. The van der Waals surface area contributed by atoms with Gasteiger partial charge >= 0.3 is 0 Å². The number of quaternary nitrogens is 1. The Morgan fingerprint density at radius 2 is 1.17 bits per heavy atom. The van der Waals surface area contributed by atoms with Crippen molar-refractivity contribution in [1.29, 1.82) is 0 Å². The molecule has 24 heavy (non-hydrogen) atoms. The van der Waals surface area contributed by atoms with Crippen LogP contribution in [-0.2, 0) is 0 Å². The molecule has 2 saturated carbocycles. The molecule has 0 radical (unpaired) electrons. The molecule has 2 heteroatoms. The zero-order chi connectivity index (χ0) is 16.2. The third-order valence-electron chi connectivity index (χ3n) is 6.44. The summed E-state index contributed by atoms with van der Waals surface area (Å²) in [6, 6.07) is 12.3. The Labute approximate surface area is 147 Å². The normalized spacial score (nSPS) is 25.1. The number of anilines is 1. The fraction of sp³-hybridized carbons (Fsp3) is 0.545. The van der Waals surface area contributed by atoms with Crippen LogP contribution in [0.25, 0.3) is 0 Å². The average Bonchev–Trinajstić information content (AvgIpc) is 2.70. The minimum atomic E-state index is 0.798. The lowest BCUT2D eigenvalue weighted by Gasteiger charge is -2.48. The molecule has 0 amide bonds. The molecule has 0 bridgehead atoms. The highest BCUT2D eigenvalue weighted by molar-refractivity contribution is 5.52. The monoisotopic (exact) mass is 323 g/mol. The quantitative estimate of drug-likeness (QED) is 0.623. The molecule has 1 heterocycles. The number of nitrogens with zero attached hydrogens (tertiary/aromatic N) is 2. The zero-order valence-electron chi connectivity index (χ0n) is 14.8. The van der Waals surface area contributed by atoms with Gasteiger partial charge < -0.3 is 4.90 Å². The number of benzene rings is 1. The minimum absolute atomic E-state index is 0.798. The third-order valence-corrected chi connectivity index (χ3v) is 6.44. The van der Waals surface area contributed by atoms with E-state index in [0.29, 0.717) is 0 Å². The Bertz CT molecular complexity index is 543. The molecule has 0 atom stereocenters. The molecule has 1 aliphatic heterocycles. The lowest BCUT2D eigenvalue weighted by molar-refractivity contribution is -0.884. The maximum atomic E-state index is 2.53. The van der Waals surface area contributed by atoms with Gasteiger partial charge in [-0.15, -0.1) is 0 Å². The molecule has 2 fully saturated rings. The molecule has 0 aromatic heterocycles. The summed E-state index contributed by atoms with van der Waals surface area (Å²) in [5.41, 5.74) is 1.26. The highest BCUT2D eigenvalue weighted by Gasteiger charge is 2.43. The summed E-state index contributed by atoms with van der Waals surface area (Å²) in [4.78, 5) is 2.28. The molecular weight excluding hydrogens is 292 g/mol. The van der Waals surface area contributed by atoms with Crippen LogP contribution in [0.2, 0.25) is 0 Å². The van der Waals surface area contributed by atoms with E-state index in [0.717, 1.165) is 16.6 Å². The molecule has 1 aromatic rings. The summed E-state index contributed by atoms with van der Waals surface area (Å²) in [7, 11) is 0. The van der Waals surface area contributed by atoms with Gasteiger partial charge in [-0.05, 0) is 37.8 Å². The zero-order valence-corrected chi connectivity index (χ0v) is 14.8. The van der Waals surface area contributed by atoms with E-state index >= 15 is 0 Å². The van der Waals surface area contributed by atoms with E-state index in [4.69, 9.17) is 0 Å². The van der Waals surface area contributed by atoms with Crippen LogP contribution in [0.15, 0.2) is 55.1 Å². The smallest absolute Gasteiger partial charge is 0.118 e. The Morgan fingerprint density at radius 1 is 0.667 bits per heavy atom. The molecule has 0 N–H and O–H groups in total. The van der Waals surface area contributed by atoms with E-state index in [-0.39, 0.29) is 0 Å². The minimum Gasteiger partial charge on any atom is -0.313 e. The second-order valence-electron chi connectivity index (χ2n) is 7.82. The van der Waals surface area contributed by atoms with Gasteiger partial charge in [0.05, 0.1) is 24.5 Å². The maximum Gasteiger partial charge on any atom is 0.118 e. The first-order valence-corrected chi connectivity index (χ1v) is 9.98. The molecule has 2 nitrogen and oxygen atoms in total. The van der Waals surface area contributed by atoms with Crippen molar-refractivity contribution in [3.05, 3.63) is 55.1 Å². The molecule has 2 aliphatic carbocycles. The fourth-order valence-corrected chi connectivity index (χ4v) is 5.09. The largest absolute Gasteiger partial charge is 0.313 e. The predicted octanol–water partition coefficient (Wildman–Crippen LogP) is 5.93. The van der Waals surface area contributed by atoms with Crippen molar-refractivity contribution in [3.63, 3.8) is 0 Å². The molecule has 0 saturated heterocycles. The Kier molecular flexibility index (Phi) is 4.75. The Balaban J connectivity index is 1.61. The van der Waals surface area contributed by atoms with Crippen molar-refractivity contribution in [1.82, 2.24) is 0 Å². The van der Waals surface area contributed by atoms with Gasteiger partial charge in [-0.1, -0.05) is 31.0 Å². The van der Waals surface area contributed by atoms with Crippen molar-refractivity contribution in [2.24, 2.45) is 0 Å². The van der Waals surface area contributed by atoms with E-state index in [2.05, 4.69) is 60.0 Å². The van der Waals surface area contributed by atoms with E-state index < -0.39 is 0 Å². The van der Waals surface area contributed by atoms with Crippen LogP contribution < -0.4 is 4.90 Å². The van der Waals surface area contributed by atoms with Crippen LogP contribution in [-0.4, -0.2) is 16.6 Å². The maximum absolute atomic E-state index is 2.53. The first-order valence-electron chi connectivity index (χ1n) is 9.98. The van der Waals surface area contributed by atoms with E-state index in [1.54, 1.807) is 0 Å². The van der Waals surface area contributed by atoms with Gasteiger partial charge in [0.2, 0.25) is 0 Å². The average molecular weight is 324 g/mol. The highest BCUT2D eigenvalue weighted by Crippen LogP contribution is 2.39. The topological polar surface area (TPSA) is 3.24 Å².